The normalized spacial score (nSPS) is 21.1. The molecule has 18 heavy (non-hydrogen) atoms. The first kappa shape index (κ1) is 13.8. The lowest BCUT2D eigenvalue weighted by molar-refractivity contribution is 0.187. The highest BCUT2D eigenvalue weighted by Gasteiger charge is 2.35. The number of nitrogens with zero attached hydrogens (tertiary/aromatic N) is 1. The monoisotopic (exact) mass is 290 g/mol. The molecule has 0 bridgehead atoms. The largest absolute Gasteiger partial charge is 0.315 e. The van der Waals surface area contributed by atoms with Crippen molar-refractivity contribution in [2.75, 3.05) is 13.1 Å². The Morgan fingerprint density at radius 2 is 2.06 bits per heavy atom. The summed E-state index contributed by atoms with van der Waals surface area (Å²) in [6, 6.07) is 0. The van der Waals surface area contributed by atoms with Crippen LogP contribution < -0.4 is 4.87 Å². The van der Waals surface area contributed by atoms with Crippen LogP contribution >= 0.6 is 11.3 Å². The number of piperidine rings is 1. The molecule has 1 N–H and O–H groups in total. The summed E-state index contributed by atoms with van der Waals surface area (Å²) in [4.78, 5) is 13.5. The van der Waals surface area contributed by atoms with Crippen molar-refractivity contribution >= 4 is 21.4 Å². The zero-order chi connectivity index (χ0) is 13.6. The van der Waals surface area contributed by atoms with Crippen molar-refractivity contribution in [1.82, 2.24) is 9.29 Å². The molecule has 0 spiro atoms. The first-order valence-electron chi connectivity index (χ1n) is 5.92. The van der Waals surface area contributed by atoms with Gasteiger partial charge in [-0.05, 0) is 25.2 Å². The predicted octanol–water partition coefficient (Wildman–Crippen LogP) is 1.56. The summed E-state index contributed by atoms with van der Waals surface area (Å²) < 4.78 is 26.6. The molecular weight excluding hydrogens is 272 g/mol. The fraction of sp³-hybridized carbons (Fsp3) is 0.727. The minimum absolute atomic E-state index is 0.000489. The van der Waals surface area contributed by atoms with E-state index >= 15 is 0 Å². The maximum absolute atomic E-state index is 12.5. The van der Waals surface area contributed by atoms with Crippen LogP contribution in [0.3, 0.4) is 0 Å². The molecule has 7 heteroatoms. The van der Waals surface area contributed by atoms with Crippen molar-refractivity contribution in [3.63, 3.8) is 0 Å². The molecule has 102 valence electrons. The number of aromatic nitrogens is 1. The predicted molar refractivity (Wildman–Crippen MR) is 71.5 cm³/mol. The smallest absolute Gasteiger partial charge is 0.305 e. The lowest BCUT2D eigenvalue weighted by atomic mass is 9.85. The molecule has 2 rings (SSSR count). The lowest BCUT2D eigenvalue weighted by Gasteiger charge is -2.36. The summed E-state index contributed by atoms with van der Waals surface area (Å²) in [6.45, 7) is 6.82. The van der Waals surface area contributed by atoms with Crippen molar-refractivity contribution in [3.05, 3.63) is 15.4 Å². The molecule has 5 nitrogen and oxygen atoms in total. The molecule has 1 aliphatic heterocycles. The number of hydrogen-bond acceptors (Lipinski definition) is 4. The molecular formula is C11H18N2O3S2. The first-order chi connectivity index (χ1) is 8.22. The topological polar surface area (TPSA) is 70.2 Å². The van der Waals surface area contributed by atoms with E-state index in [1.807, 2.05) is 0 Å². The SMILES string of the molecule is Cc1[nH]c(=O)sc1S(=O)(=O)N1CCCC(C)(C)C1. The molecule has 0 atom stereocenters. The molecule has 0 saturated carbocycles. The highest BCUT2D eigenvalue weighted by Crippen LogP contribution is 2.32. The number of nitrogens with one attached hydrogen (secondary N) is 1. The van der Waals surface area contributed by atoms with Crippen molar-refractivity contribution in [2.24, 2.45) is 5.41 Å². The molecule has 1 fully saturated rings. The number of aromatic amines is 1. The summed E-state index contributed by atoms with van der Waals surface area (Å²) >= 11 is 0.774. The number of aryl methyl sites for hydroxylation is 1. The van der Waals surface area contributed by atoms with Crippen LogP contribution in [0, 0.1) is 12.3 Å². The minimum Gasteiger partial charge on any atom is -0.315 e. The van der Waals surface area contributed by atoms with Crippen LogP contribution in [-0.2, 0) is 10.0 Å². The molecule has 0 aliphatic carbocycles. The van der Waals surface area contributed by atoms with Crippen molar-refractivity contribution < 1.29 is 8.42 Å². The fourth-order valence-corrected chi connectivity index (χ4v) is 5.43. The van der Waals surface area contributed by atoms with E-state index in [0.717, 1.165) is 24.2 Å². The van der Waals surface area contributed by atoms with Gasteiger partial charge in [0.05, 0.1) is 0 Å². The summed E-state index contributed by atoms with van der Waals surface area (Å²) in [7, 11) is -3.52. The molecule has 1 aliphatic rings. The standard InChI is InChI=1S/C11H18N2O3S2/c1-8-9(17-10(14)12-8)18(15,16)13-6-4-5-11(2,3)7-13/h4-7H2,1-3H3,(H,12,14). The van der Waals surface area contributed by atoms with Gasteiger partial charge in [0.1, 0.15) is 0 Å². The molecule has 0 aromatic carbocycles. The minimum atomic E-state index is -3.52. The summed E-state index contributed by atoms with van der Waals surface area (Å²) in [5, 5.41) is 0. The van der Waals surface area contributed by atoms with E-state index in [2.05, 4.69) is 18.8 Å². The van der Waals surface area contributed by atoms with Gasteiger partial charge >= 0.3 is 4.87 Å². The number of sulfonamides is 1. The van der Waals surface area contributed by atoms with Crippen LogP contribution in [0.15, 0.2) is 9.00 Å². The van der Waals surface area contributed by atoms with Crippen molar-refractivity contribution in [3.8, 4) is 0 Å². The second-order valence-corrected chi connectivity index (χ2v) is 8.65. The summed E-state index contributed by atoms with van der Waals surface area (Å²) in [5.41, 5.74) is 0.439. The third-order valence-corrected chi connectivity index (χ3v) is 6.65. The van der Waals surface area contributed by atoms with Gasteiger partial charge in [0, 0.05) is 18.8 Å². The van der Waals surface area contributed by atoms with Crippen LogP contribution in [-0.4, -0.2) is 30.8 Å². The van der Waals surface area contributed by atoms with Gasteiger partial charge in [-0.2, -0.15) is 4.31 Å². The van der Waals surface area contributed by atoms with Gasteiger partial charge < -0.3 is 4.98 Å². The van der Waals surface area contributed by atoms with Gasteiger partial charge in [-0.15, -0.1) is 0 Å². The average molecular weight is 290 g/mol. The third-order valence-electron chi connectivity index (χ3n) is 3.22. The van der Waals surface area contributed by atoms with Gasteiger partial charge in [0.25, 0.3) is 10.0 Å². The number of thiazole rings is 1. The van der Waals surface area contributed by atoms with Crippen molar-refractivity contribution in [2.45, 2.75) is 37.8 Å². The number of rotatable bonds is 2. The maximum atomic E-state index is 12.5. The van der Waals surface area contributed by atoms with Gasteiger partial charge in [-0.25, -0.2) is 8.42 Å². The van der Waals surface area contributed by atoms with E-state index in [0.29, 0.717) is 18.8 Å². The Morgan fingerprint density at radius 1 is 1.39 bits per heavy atom. The van der Waals surface area contributed by atoms with E-state index in [4.69, 9.17) is 0 Å². The van der Waals surface area contributed by atoms with Gasteiger partial charge in [0.15, 0.2) is 4.21 Å². The second-order valence-electron chi connectivity index (χ2n) is 5.53. The Labute approximate surface area is 111 Å². The highest BCUT2D eigenvalue weighted by molar-refractivity contribution is 7.91. The van der Waals surface area contributed by atoms with Crippen LogP contribution in [0.4, 0.5) is 0 Å². The molecule has 0 unspecified atom stereocenters. The number of hydrogen-bond donors (Lipinski definition) is 1. The number of H-pyrrole nitrogens is 1. The third kappa shape index (κ3) is 2.53. The molecule has 1 saturated heterocycles. The maximum Gasteiger partial charge on any atom is 0.305 e. The summed E-state index contributed by atoms with van der Waals surface area (Å²) in [6.07, 6.45) is 1.89. The molecule has 1 aromatic rings. The lowest BCUT2D eigenvalue weighted by Crippen LogP contribution is -2.43. The second kappa shape index (κ2) is 4.47. The summed E-state index contributed by atoms with van der Waals surface area (Å²) in [5.74, 6) is 0. The van der Waals surface area contributed by atoms with E-state index in [1.54, 1.807) is 6.92 Å². The Hall–Kier alpha value is -0.660. The van der Waals surface area contributed by atoms with Crippen LogP contribution in [0.25, 0.3) is 0 Å². The van der Waals surface area contributed by atoms with Gasteiger partial charge in [-0.3, -0.25) is 4.79 Å². The van der Waals surface area contributed by atoms with E-state index in [9.17, 15) is 13.2 Å². The average Bonchev–Trinajstić information content (AvgIpc) is 2.57. The van der Waals surface area contributed by atoms with Crippen LogP contribution in [0.2, 0.25) is 0 Å². The van der Waals surface area contributed by atoms with E-state index < -0.39 is 10.0 Å². The Kier molecular flexibility index (Phi) is 3.42. The molecule has 0 amide bonds. The first-order valence-corrected chi connectivity index (χ1v) is 8.18. The molecule has 2 heterocycles. The highest BCUT2D eigenvalue weighted by atomic mass is 32.2. The van der Waals surface area contributed by atoms with Crippen LogP contribution in [0.1, 0.15) is 32.4 Å². The Balaban J connectivity index is 2.37. The van der Waals surface area contributed by atoms with Crippen LogP contribution in [0.5, 0.6) is 0 Å². The quantitative estimate of drug-likeness (QED) is 0.898. The zero-order valence-corrected chi connectivity index (χ0v) is 12.4. The van der Waals surface area contributed by atoms with E-state index in [-0.39, 0.29) is 14.5 Å². The van der Waals surface area contributed by atoms with Crippen molar-refractivity contribution in [1.29, 1.82) is 0 Å². The van der Waals surface area contributed by atoms with E-state index in [1.165, 1.54) is 4.31 Å². The Bertz CT molecular complexity index is 598. The molecule has 1 aromatic heterocycles. The van der Waals surface area contributed by atoms with Gasteiger partial charge in [0.2, 0.25) is 0 Å². The van der Waals surface area contributed by atoms with Gasteiger partial charge in [-0.1, -0.05) is 25.2 Å². The zero-order valence-electron chi connectivity index (χ0n) is 10.8. The Morgan fingerprint density at radius 3 is 2.56 bits per heavy atom. The molecule has 0 radical (unpaired) electrons. The fourth-order valence-electron chi connectivity index (χ4n) is 2.33.